The highest BCUT2D eigenvalue weighted by atomic mass is 15.0. The third-order valence-electron chi connectivity index (χ3n) is 2.71. The first-order valence-electron chi connectivity index (χ1n) is 4.37. The lowest BCUT2D eigenvalue weighted by Gasteiger charge is -2.42. The van der Waals surface area contributed by atoms with Gasteiger partial charge in [-0.2, -0.15) is 0 Å². The second-order valence-electron chi connectivity index (χ2n) is 4.00. The molecular formula is C9H19N. The highest BCUT2D eigenvalue weighted by Crippen LogP contribution is 2.33. The Morgan fingerprint density at radius 1 is 1.30 bits per heavy atom. The summed E-state index contributed by atoms with van der Waals surface area (Å²) in [6.45, 7) is 9.11. The Balaban J connectivity index is 2.20. The summed E-state index contributed by atoms with van der Waals surface area (Å²) in [7, 11) is 0. The summed E-state index contributed by atoms with van der Waals surface area (Å²) >= 11 is 0. The molecule has 1 saturated carbocycles. The molecule has 1 aliphatic carbocycles. The van der Waals surface area contributed by atoms with Crippen LogP contribution in [-0.2, 0) is 0 Å². The minimum absolute atomic E-state index is 0.653. The zero-order chi connectivity index (χ0) is 7.72. The Morgan fingerprint density at radius 2 is 1.90 bits per heavy atom. The molecule has 1 heteroatoms. The van der Waals surface area contributed by atoms with Gasteiger partial charge in [0.1, 0.15) is 0 Å². The van der Waals surface area contributed by atoms with E-state index >= 15 is 0 Å². The molecule has 3 unspecified atom stereocenters. The van der Waals surface area contributed by atoms with Gasteiger partial charge in [0.15, 0.2) is 0 Å². The van der Waals surface area contributed by atoms with Gasteiger partial charge in [-0.05, 0) is 18.3 Å². The van der Waals surface area contributed by atoms with Gasteiger partial charge in [0, 0.05) is 12.1 Å². The lowest BCUT2D eigenvalue weighted by molar-refractivity contribution is 0.130. The molecule has 0 aromatic heterocycles. The summed E-state index contributed by atoms with van der Waals surface area (Å²) < 4.78 is 0. The maximum Gasteiger partial charge on any atom is 0.0100 e. The van der Waals surface area contributed by atoms with E-state index in [9.17, 15) is 0 Å². The van der Waals surface area contributed by atoms with Gasteiger partial charge < -0.3 is 5.32 Å². The molecule has 0 aliphatic heterocycles. The van der Waals surface area contributed by atoms with Crippen LogP contribution in [-0.4, -0.2) is 12.1 Å². The molecule has 1 N–H and O–H groups in total. The van der Waals surface area contributed by atoms with E-state index in [0.29, 0.717) is 6.04 Å². The molecular weight excluding hydrogens is 122 g/mol. The standard InChI is InChI=1S/C9H19N/c1-6(2)10-9-5-7(3)8(9)4/h6-10H,5H2,1-4H3. The molecule has 0 spiro atoms. The number of hydrogen-bond donors (Lipinski definition) is 1. The molecule has 3 atom stereocenters. The first-order chi connectivity index (χ1) is 4.61. The average Bonchev–Trinajstić information content (AvgIpc) is 1.86. The summed E-state index contributed by atoms with van der Waals surface area (Å²) in [6, 6.07) is 1.45. The third-order valence-corrected chi connectivity index (χ3v) is 2.71. The van der Waals surface area contributed by atoms with Crippen molar-refractivity contribution < 1.29 is 0 Å². The molecule has 1 nitrogen and oxygen atoms in total. The van der Waals surface area contributed by atoms with Gasteiger partial charge in [-0.1, -0.05) is 27.7 Å². The Hall–Kier alpha value is -0.0400. The van der Waals surface area contributed by atoms with Gasteiger partial charge in [0.2, 0.25) is 0 Å². The average molecular weight is 141 g/mol. The molecule has 0 saturated heterocycles. The monoisotopic (exact) mass is 141 g/mol. The molecule has 0 aromatic rings. The molecule has 60 valence electrons. The minimum Gasteiger partial charge on any atom is -0.311 e. The first kappa shape index (κ1) is 8.06. The van der Waals surface area contributed by atoms with Crippen molar-refractivity contribution in [3.63, 3.8) is 0 Å². The second-order valence-corrected chi connectivity index (χ2v) is 4.00. The molecule has 0 amide bonds. The Labute approximate surface area is 64.2 Å². The van der Waals surface area contributed by atoms with Crippen molar-refractivity contribution in [2.45, 2.75) is 46.2 Å². The number of nitrogens with one attached hydrogen (secondary N) is 1. The molecule has 0 radical (unpaired) electrons. The van der Waals surface area contributed by atoms with Crippen molar-refractivity contribution >= 4 is 0 Å². The summed E-state index contributed by atoms with van der Waals surface area (Å²) in [6.07, 6.45) is 1.37. The van der Waals surface area contributed by atoms with Crippen LogP contribution in [0.2, 0.25) is 0 Å². The van der Waals surface area contributed by atoms with Crippen LogP contribution >= 0.6 is 0 Å². The lowest BCUT2D eigenvalue weighted by atomic mass is 9.71. The fourth-order valence-electron chi connectivity index (χ4n) is 1.68. The molecule has 1 rings (SSSR count). The van der Waals surface area contributed by atoms with Crippen LogP contribution in [0.3, 0.4) is 0 Å². The maximum absolute atomic E-state index is 3.56. The van der Waals surface area contributed by atoms with Gasteiger partial charge in [0.25, 0.3) is 0 Å². The highest BCUT2D eigenvalue weighted by molar-refractivity contribution is 4.89. The fourth-order valence-corrected chi connectivity index (χ4v) is 1.68. The summed E-state index contributed by atoms with van der Waals surface area (Å²) in [5, 5.41) is 3.56. The van der Waals surface area contributed by atoms with E-state index in [0.717, 1.165) is 17.9 Å². The second kappa shape index (κ2) is 2.91. The van der Waals surface area contributed by atoms with E-state index in [4.69, 9.17) is 0 Å². The Kier molecular flexibility index (Phi) is 2.35. The SMILES string of the molecule is CC(C)NC1CC(C)C1C. The van der Waals surface area contributed by atoms with Crippen LogP contribution in [0.15, 0.2) is 0 Å². The van der Waals surface area contributed by atoms with Gasteiger partial charge >= 0.3 is 0 Å². The fraction of sp³-hybridized carbons (Fsp3) is 1.00. The van der Waals surface area contributed by atoms with Gasteiger partial charge in [0.05, 0.1) is 0 Å². The molecule has 0 heterocycles. The van der Waals surface area contributed by atoms with Crippen molar-refractivity contribution in [1.29, 1.82) is 0 Å². The van der Waals surface area contributed by atoms with Crippen molar-refractivity contribution in [2.75, 3.05) is 0 Å². The Morgan fingerprint density at radius 3 is 2.20 bits per heavy atom. The largest absolute Gasteiger partial charge is 0.311 e. The first-order valence-corrected chi connectivity index (χ1v) is 4.37. The predicted molar refractivity (Wildman–Crippen MR) is 45.0 cm³/mol. The van der Waals surface area contributed by atoms with E-state index in [-0.39, 0.29) is 0 Å². The molecule has 10 heavy (non-hydrogen) atoms. The summed E-state index contributed by atoms with van der Waals surface area (Å²) in [4.78, 5) is 0. The van der Waals surface area contributed by atoms with E-state index < -0.39 is 0 Å². The number of rotatable bonds is 2. The zero-order valence-corrected chi connectivity index (χ0v) is 7.52. The molecule has 1 aliphatic rings. The van der Waals surface area contributed by atoms with Crippen LogP contribution in [0.4, 0.5) is 0 Å². The van der Waals surface area contributed by atoms with E-state index in [1.807, 2.05) is 0 Å². The van der Waals surface area contributed by atoms with Gasteiger partial charge in [-0.15, -0.1) is 0 Å². The normalized spacial score (nSPS) is 39.9. The van der Waals surface area contributed by atoms with E-state index in [2.05, 4.69) is 33.0 Å². The van der Waals surface area contributed by atoms with Gasteiger partial charge in [-0.3, -0.25) is 0 Å². The van der Waals surface area contributed by atoms with Crippen molar-refractivity contribution in [1.82, 2.24) is 5.32 Å². The summed E-state index contributed by atoms with van der Waals surface area (Å²) in [5.41, 5.74) is 0. The van der Waals surface area contributed by atoms with E-state index in [1.54, 1.807) is 0 Å². The topological polar surface area (TPSA) is 12.0 Å². The van der Waals surface area contributed by atoms with Crippen LogP contribution in [0, 0.1) is 11.8 Å². The zero-order valence-electron chi connectivity index (χ0n) is 7.52. The highest BCUT2D eigenvalue weighted by Gasteiger charge is 2.33. The smallest absolute Gasteiger partial charge is 0.0100 e. The van der Waals surface area contributed by atoms with Crippen LogP contribution in [0.1, 0.15) is 34.1 Å². The van der Waals surface area contributed by atoms with Crippen LogP contribution < -0.4 is 5.32 Å². The molecule has 1 fully saturated rings. The third kappa shape index (κ3) is 1.51. The van der Waals surface area contributed by atoms with E-state index in [1.165, 1.54) is 6.42 Å². The molecule has 0 bridgehead atoms. The molecule has 0 aromatic carbocycles. The van der Waals surface area contributed by atoms with Crippen LogP contribution in [0.5, 0.6) is 0 Å². The maximum atomic E-state index is 3.56. The van der Waals surface area contributed by atoms with Crippen molar-refractivity contribution in [2.24, 2.45) is 11.8 Å². The summed E-state index contributed by atoms with van der Waals surface area (Å²) in [5.74, 6) is 1.83. The van der Waals surface area contributed by atoms with Gasteiger partial charge in [-0.25, -0.2) is 0 Å². The minimum atomic E-state index is 0.653. The quantitative estimate of drug-likeness (QED) is 0.620. The van der Waals surface area contributed by atoms with Crippen molar-refractivity contribution in [3.8, 4) is 0 Å². The lowest BCUT2D eigenvalue weighted by Crippen LogP contribution is -2.50. The van der Waals surface area contributed by atoms with Crippen LogP contribution in [0.25, 0.3) is 0 Å². The van der Waals surface area contributed by atoms with Crippen molar-refractivity contribution in [3.05, 3.63) is 0 Å². The predicted octanol–water partition coefficient (Wildman–Crippen LogP) is 2.03. The Bertz CT molecular complexity index is 109. The number of hydrogen-bond acceptors (Lipinski definition) is 1.